The third-order valence-corrected chi connectivity index (χ3v) is 4.83. The lowest BCUT2D eigenvalue weighted by molar-refractivity contribution is -0.129. The van der Waals surface area contributed by atoms with E-state index in [1.54, 1.807) is 23.1 Å². The molecule has 0 saturated carbocycles. The van der Waals surface area contributed by atoms with Crippen molar-refractivity contribution in [3.05, 3.63) is 77.6 Å². The molecule has 0 aliphatic carbocycles. The molecule has 1 N–H and O–H groups in total. The van der Waals surface area contributed by atoms with E-state index < -0.39 is 6.04 Å². The van der Waals surface area contributed by atoms with Crippen molar-refractivity contribution in [3.63, 3.8) is 0 Å². The Morgan fingerprint density at radius 1 is 1.00 bits per heavy atom. The van der Waals surface area contributed by atoms with Crippen LogP contribution >= 0.6 is 0 Å². The normalized spacial score (nSPS) is 15.7. The van der Waals surface area contributed by atoms with Crippen molar-refractivity contribution in [1.82, 2.24) is 4.90 Å². The molecule has 1 fully saturated rings. The summed E-state index contributed by atoms with van der Waals surface area (Å²) in [4.78, 5) is 14.2. The zero-order chi connectivity index (χ0) is 17.4. The summed E-state index contributed by atoms with van der Waals surface area (Å²) in [7, 11) is 0. The van der Waals surface area contributed by atoms with Crippen molar-refractivity contribution in [2.24, 2.45) is 0 Å². The summed E-state index contributed by atoms with van der Waals surface area (Å²) in [5, 5.41) is 12.5. The van der Waals surface area contributed by atoms with Gasteiger partial charge < -0.3 is 10.0 Å². The number of phenolic OH excluding ortho intramolecular Hbond substituents is 1. The fourth-order valence-corrected chi connectivity index (χ4v) is 3.66. The van der Waals surface area contributed by atoms with E-state index in [9.17, 15) is 14.3 Å². The predicted octanol–water partition coefficient (Wildman–Crippen LogP) is 4.40. The molecule has 0 bridgehead atoms. The highest BCUT2D eigenvalue weighted by molar-refractivity contribution is 5.89. The van der Waals surface area contributed by atoms with Gasteiger partial charge in [-0.05, 0) is 41.0 Å². The van der Waals surface area contributed by atoms with Crippen LogP contribution in [0.2, 0.25) is 0 Å². The molecule has 0 aromatic heterocycles. The van der Waals surface area contributed by atoms with Gasteiger partial charge in [-0.2, -0.15) is 0 Å². The first-order chi connectivity index (χ1) is 12.1. The molecule has 4 heteroatoms. The van der Waals surface area contributed by atoms with Gasteiger partial charge in [-0.15, -0.1) is 0 Å². The number of benzene rings is 3. The van der Waals surface area contributed by atoms with Gasteiger partial charge in [-0.3, -0.25) is 4.79 Å². The van der Waals surface area contributed by atoms with Crippen LogP contribution in [0.25, 0.3) is 10.8 Å². The van der Waals surface area contributed by atoms with Gasteiger partial charge in [0, 0.05) is 18.5 Å². The molecule has 126 valence electrons. The molecule has 3 nitrogen and oxygen atoms in total. The van der Waals surface area contributed by atoms with Crippen LogP contribution in [0.15, 0.2) is 60.7 Å². The van der Waals surface area contributed by atoms with E-state index in [1.807, 2.05) is 30.3 Å². The van der Waals surface area contributed by atoms with Crippen LogP contribution in [0, 0.1) is 5.82 Å². The number of fused-ring (bicyclic) bond motifs is 1. The first kappa shape index (κ1) is 15.6. The lowest BCUT2D eigenvalue weighted by Crippen LogP contribution is -2.30. The van der Waals surface area contributed by atoms with E-state index in [-0.39, 0.29) is 17.5 Å². The van der Waals surface area contributed by atoms with Crippen molar-refractivity contribution in [1.29, 1.82) is 0 Å². The predicted molar refractivity (Wildman–Crippen MR) is 94.8 cm³/mol. The molecular formula is C21H18FNO2. The number of rotatable bonds is 3. The van der Waals surface area contributed by atoms with Gasteiger partial charge in [0.1, 0.15) is 11.6 Å². The number of hydrogen-bond donors (Lipinski definition) is 1. The number of nitrogens with zero attached hydrogens (tertiary/aromatic N) is 1. The third-order valence-electron chi connectivity index (χ3n) is 4.83. The van der Waals surface area contributed by atoms with Crippen molar-refractivity contribution in [2.45, 2.75) is 18.9 Å². The van der Waals surface area contributed by atoms with Crippen LogP contribution in [-0.4, -0.2) is 22.5 Å². The maximum absolute atomic E-state index is 13.4. The Kier molecular flexibility index (Phi) is 3.88. The Morgan fingerprint density at radius 2 is 1.76 bits per heavy atom. The van der Waals surface area contributed by atoms with Crippen molar-refractivity contribution >= 4 is 16.7 Å². The maximum Gasteiger partial charge on any atom is 0.223 e. The number of carbonyl (C=O) groups is 1. The fourth-order valence-electron chi connectivity index (χ4n) is 3.66. The largest absolute Gasteiger partial charge is 0.508 e. The monoisotopic (exact) mass is 335 g/mol. The number of halogens is 1. The molecule has 1 unspecified atom stereocenters. The van der Waals surface area contributed by atoms with Crippen molar-refractivity contribution in [2.75, 3.05) is 6.54 Å². The lowest BCUT2D eigenvalue weighted by atomic mass is 9.91. The van der Waals surface area contributed by atoms with E-state index >= 15 is 0 Å². The Bertz CT molecular complexity index is 936. The SMILES string of the molecule is O=C1CCCN1C(c1ccc(F)cc1)c1c(O)ccc2ccccc12. The molecule has 0 radical (unpaired) electrons. The minimum atomic E-state index is -0.429. The van der Waals surface area contributed by atoms with Crippen LogP contribution < -0.4 is 0 Å². The zero-order valence-electron chi connectivity index (χ0n) is 13.7. The summed E-state index contributed by atoms with van der Waals surface area (Å²) in [5.41, 5.74) is 1.49. The smallest absolute Gasteiger partial charge is 0.223 e. The van der Waals surface area contributed by atoms with E-state index in [4.69, 9.17) is 0 Å². The lowest BCUT2D eigenvalue weighted by Gasteiger charge is -2.30. The molecule has 1 saturated heterocycles. The standard InChI is InChI=1S/C21H18FNO2/c22-16-10-7-15(8-11-16)21(23-13-3-6-19(23)25)20-17-5-2-1-4-14(17)9-12-18(20)24/h1-2,4-5,7-12,21,24H,3,6,13H2. The van der Waals surface area contributed by atoms with Crippen LogP contribution in [0.3, 0.4) is 0 Å². The van der Waals surface area contributed by atoms with E-state index in [0.717, 1.165) is 22.8 Å². The molecule has 1 heterocycles. The van der Waals surface area contributed by atoms with Crippen molar-refractivity contribution in [3.8, 4) is 5.75 Å². The zero-order valence-corrected chi connectivity index (χ0v) is 13.7. The number of amides is 1. The highest BCUT2D eigenvalue weighted by Gasteiger charge is 2.32. The second-order valence-corrected chi connectivity index (χ2v) is 6.36. The summed E-state index contributed by atoms with van der Waals surface area (Å²) in [6, 6.07) is 17.0. The molecule has 25 heavy (non-hydrogen) atoms. The van der Waals surface area contributed by atoms with E-state index in [0.29, 0.717) is 18.5 Å². The number of aromatic hydroxyl groups is 1. The van der Waals surface area contributed by atoms with Crippen LogP contribution in [0.5, 0.6) is 5.75 Å². The van der Waals surface area contributed by atoms with Gasteiger partial charge >= 0.3 is 0 Å². The quantitative estimate of drug-likeness (QED) is 0.771. The van der Waals surface area contributed by atoms with Gasteiger partial charge in [-0.1, -0.05) is 42.5 Å². The molecule has 0 spiro atoms. The summed E-state index contributed by atoms with van der Waals surface area (Å²) >= 11 is 0. The summed E-state index contributed by atoms with van der Waals surface area (Å²) < 4.78 is 13.4. The molecular weight excluding hydrogens is 317 g/mol. The van der Waals surface area contributed by atoms with E-state index in [1.165, 1.54) is 12.1 Å². The molecule has 1 aliphatic rings. The summed E-state index contributed by atoms with van der Waals surface area (Å²) in [6.45, 7) is 0.629. The molecule has 4 rings (SSSR count). The Balaban J connectivity index is 1.96. The van der Waals surface area contributed by atoms with Gasteiger partial charge in [0.05, 0.1) is 6.04 Å². The molecule has 3 aromatic rings. The summed E-state index contributed by atoms with van der Waals surface area (Å²) in [6.07, 6.45) is 1.30. The Morgan fingerprint density at radius 3 is 2.48 bits per heavy atom. The van der Waals surface area contributed by atoms with Crippen LogP contribution in [-0.2, 0) is 4.79 Å². The molecule has 1 atom stereocenters. The average Bonchev–Trinajstić information content (AvgIpc) is 3.04. The minimum absolute atomic E-state index is 0.0571. The number of likely N-dealkylation sites (tertiary alicyclic amines) is 1. The third kappa shape index (κ3) is 2.74. The maximum atomic E-state index is 13.4. The fraction of sp³-hybridized carbons (Fsp3) is 0.190. The van der Waals surface area contributed by atoms with E-state index in [2.05, 4.69) is 0 Å². The Labute approximate surface area is 145 Å². The van der Waals surface area contributed by atoms with Crippen LogP contribution in [0.1, 0.15) is 30.0 Å². The molecule has 3 aromatic carbocycles. The molecule has 1 aliphatic heterocycles. The van der Waals surface area contributed by atoms with Crippen LogP contribution in [0.4, 0.5) is 4.39 Å². The average molecular weight is 335 g/mol. The summed E-state index contributed by atoms with van der Waals surface area (Å²) in [5.74, 6) is -0.119. The number of phenols is 1. The topological polar surface area (TPSA) is 40.5 Å². The highest BCUT2D eigenvalue weighted by atomic mass is 19.1. The van der Waals surface area contributed by atoms with Crippen molar-refractivity contribution < 1.29 is 14.3 Å². The second kappa shape index (κ2) is 6.20. The first-order valence-corrected chi connectivity index (χ1v) is 8.41. The van der Waals surface area contributed by atoms with Gasteiger partial charge in [0.15, 0.2) is 0 Å². The number of carbonyl (C=O) groups excluding carboxylic acids is 1. The van der Waals surface area contributed by atoms with Gasteiger partial charge in [0.25, 0.3) is 0 Å². The number of hydrogen-bond acceptors (Lipinski definition) is 2. The first-order valence-electron chi connectivity index (χ1n) is 8.41. The van der Waals surface area contributed by atoms with Gasteiger partial charge in [0.2, 0.25) is 5.91 Å². The highest BCUT2D eigenvalue weighted by Crippen LogP contribution is 2.40. The van der Waals surface area contributed by atoms with Gasteiger partial charge in [-0.25, -0.2) is 4.39 Å². The second-order valence-electron chi connectivity index (χ2n) is 6.36. The Hall–Kier alpha value is -2.88. The molecule has 1 amide bonds. The minimum Gasteiger partial charge on any atom is -0.508 e.